The van der Waals surface area contributed by atoms with Gasteiger partial charge < -0.3 is 4.43 Å². The number of ketones is 1. The van der Waals surface area contributed by atoms with E-state index in [0.717, 1.165) is 0 Å². The Labute approximate surface area is 50.6 Å². The van der Waals surface area contributed by atoms with Crippen molar-refractivity contribution in [1.29, 1.82) is 0 Å². The molecular formula is C4H8O3Si. The summed E-state index contributed by atoms with van der Waals surface area (Å²) in [5.41, 5.74) is 0. The molecule has 0 N–H and O–H groups in total. The minimum absolute atomic E-state index is 0.237. The average Bonchev–Trinajstić information content (AvgIpc) is 1.84. The first-order chi connectivity index (χ1) is 3.72. The molecule has 0 aliphatic heterocycles. The maximum absolute atomic E-state index is 10.3. The number of carbonyl (C=O) groups excluding carboxylic acids is 2. The monoisotopic (exact) mass is 132 g/mol. The van der Waals surface area contributed by atoms with Crippen LogP contribution in [0.1, 0.15) is 13.3 Å². The molecule has 0 heterocycles. The number of hydrogen-bond donors (Lipinski definition) is 0. The van der Waals surface area contributed by atoms with Crippen molar-refractivity contribution < 1.29 is 14.0 Å². The fourth-order valence-corrected chi connectivity index (χ4v) is 0.486. The second-order valence-corrected chi connectivity index (χ2v) is 1.68. The quantitative estimate of drug-likeness (QED) is 0.350. The van der Waals surface area contributed by atoms with Crippen LogP contribution in [0.4, 0.5) is 0 Å². The van der Waals surface area contributed by atoms with Crippen LogP contribution in [-0.4, -0.2) is 22.2 Å². The first-order valence-corrected chi connectivity index (χ1v) is 3.15. The van der Waals surface area contributed by atoms with Crippen LogP contribution < -0.4 is 0 Å². The zero-order valence-corrected chi connectivity index (χ0v) is 6.93. The largest absolute Gasteiger partial charge is 0.523 e. The first kappa shape index (κ1) is 7.36. The molecule has 0 aromatic heterocycles. The lowest BCUT2D eigenvalue weighted by molar-refractivity contribution is -0.146. The Morgan fingerprint density at radius 1 is 1.62 bits per heavy atom. The lowest BCUT2D eigenvalue weighted by Gasteiger charge is -1.91. The Morgan fingerprint density at radius 3 is 2.25 bits per heavy atom. The summed E-state index contributed by atoms with van der Waals surface area (Å²) in [5, 5.41) is 0. The molecule has 3 nitrogen and oxygen atoms in total. The summed E-state index contributed by atoms with van der Waals surface area (Å²) in [6, 6.07) is 0. The van der Waals surface area contributed by atoms with E-state index in [1.807, 2.05) is 0 Å². The van der Waals surface area contributed by atoms with Gasteiger partial charge in [0.25, 0.3) is 0 Å². The van der Waals surface area contributed by atoms with E-state index in [-0.39, 0.29) is 6.42 Å². The fourth-order valence-electron chi connectivity index (χ4n) is 0.258. The van der Waals surface area contributed by atoms with Gasteiger partial charge in [0.15, 0.2) is 0 Å². The topological polar surface area (TPSA) is 43.4 Å². The van der Waals surface area contributed by atoms with Gasteiger partial charge in [-0.25, -0.2) is 4.79 Å². The van der Waals surface area contributed by atoms with E-state index in [0.29, 0.717) is 10.5 Å². The lowest BCUT2D eigenvalue weighted by atomic mass is 10.3. The molecule has 0 spiro atoms. The number of Topliss-reactive ketones (excluding diaryl/α,β-unsaturated/α-hetero) is 1. The van der Waals surface area contributed by atoms with Crippen LogP contribution in [0.2, 0.25) is 0 Å². The predicted molar refractivity (Wildman–Crippen MR) is 31.3 cm³/mol. The van der Waals surface area contributed by atoms with Gasteiger partial charge in [0.1, 0.15) is 0 Å². The summed E-state index contributed by atoms with van der Waals surface area (Å²) in [4.78, 5) is 20.5. The van der Waals surface area contributed by atoms with Crippen molar-refractivity contribution in [2.75, 3.05) is 0 Å². The van der Waals surface area contributed by atoms with Gasteiger partial charge in [-0.1, -0.05) is 6.92 Å². The molecule has 0 radical (unpaired) electrons. The molecule has 0 atom stereocenters. The number of hydrogen-bond acceptors (Lipinski definition) is 3. The SMILES string of the molecule is CCC(=O)C(=O)O[SiH3]. The van der Waals surface area contributed by atoms with E-state index in [1.54, 1.807) is 6.92 Å². The van der Waals surface area contributed by atoms with Crippen LogP contribution in [0.3, 0.4) is 0 Å². The molecule has 0 rings (SSSR count). The molecular weight excluding hydrogens is 124 g/mol. The Hall–Kier alpha value is -0.643. The van der Waals surface area contributed by atoms with E-state index < -0.39 is 11.8 Å². The van der Waals surface area contributed by atoms with E-state index in [1.165, 1.54) is 0 Å². The molecule has 0 saturated carbocycles. The van der Waals surface area contributed by atoms with Gasteiger partial charge in [-0.05, 0) is 0 Å². The van der Waals surface area contributed by atoms with Gasteiger partial charge in [0, 0.05) is 6.42 Å². The predicted octanol–water partition coefficient (Wildman–Crippen LogP) is -1.21. The maximum atomic E-state index is 10.3. The van der Waals surface area contributed by atoms with Gasteiger partial charge in [-0.3, -0.25) is 4.79 Å². The maximum Gasteiger partial charge on any atom is 0.360 e. The third-order valence-corrected chi connectivity index (χ3v) is 1.10. The van der Waals surface area contributed by atoms with Gasteiger partial charge in [-0.2, -0.15) is 0 Å². The second-order valence-electron chi connectivity index (χ2n) is 1.27. The van der Waals surface area contributed by atoms with Crippen molar-refractivity contribution in [3.63, 3.8) is 0 Å². The highest BCUT2D eigenvalue weighted by molar-refractivity contribution is 6.36. The molecule has 0 aromatic carbocycles. The summed E-state index contributed by atoms with van der Waals surface area (Å²) in [5.74, 6) is -1.14. The first-order valence-electron chi connectivity index (χ1n) is 2.33. The molecule has 4 heteroatoms. The van der Waals surface area contributed by atoms with Crippen LogP contribution in [0.15, 0.2) is 0 Å². The van der Waals surface area contributed by atoms with Crippen molar-refractivity contribution in [3.05, 3.63) is 0 Å². The standard InChI is InChI=1S/C4H8O3Si/c1-2-3(5)4(6)7-8/h2H2,1,8H3. The summed E-state index contributed by atoms with van der Waals surface area (Å²) >= 11 is 0. The highest BCUT2D eigenvalue weighted by Crippen LogP contribution is 1.81. The third kappa shape index (κ3) is 1.88. The van der Waals surface area contributed by atoms with Crippen molar-refractivity contribution >= 4 is 22.2 Å². The van der Waals surface area contributed by atoms with Gasteiger partial charge in [-0.15, -0.1) is 0 Å². The van der Waals surface area contributed by atoms with Crippen LogP contribution in [0, 0.1) is 0 Å². The van der Waals surface area contributed by atoms with Crippen molar-refractivity contribution in [2.24, 2.45) is 0 Å². The Bertz CT molecular complexity index is 95.9. The molecule has 0 saturated heterocycles. The van der Waals surface area contributed by atoms with Crippen LogP contribution in [-0.2, 0) is 14.0 Å². The van der Waals surface area contributed by atoms with Crippen molar-refractivity contribution in [2.45, 2.75) is 13.3 Å². The highest BCUT2D eigenvalue weighted by Gasteiger charge is 2.07. The molecule has 0 aromatic rings. The molecule has 0 bridgehead atoms. The van der Waals surface area contributed by atoms with E-state index in [2.05, 4.69) is 4.43 Å². The second kappa shape index (κ2) is 3.37. The van der Waals surface area contributed by atoms with Crippen LogP contribution in [0.25, 0.3) is 0 Å². The fraction of sp³-hybridized carbons (Fsp3) is 0.500. The molecule has 0 fully saturated rings. The highest BCUT2D eigenvalue weighted by atomic mass is 28.2. The molecule has 0 unspecified atom stereocenters. The molecule has 8 heavy (non-hydrogen) atoms. The van der Waals surface area contributed by atoms with Crippen molar-refractivity contribution in [1.82, 2.24) is 0 Å². The summed E-state index contributed by atoms with van der Waals surface area (Å²) in [6.07, 6.45) is 0.237. The lowest BCUT2D eigenvalue weighted by Crippen LogP contribution is -2.14. The average molecular weight is 132 g/mol. The summed E-state index contributed by atoms with van der Waals surface area (Å²) < 4.78 is 4.25. The zero-order chi connectivity index (χ0) is 6.57. The van der Waals surface area contributed by atoms with Gasteiger partial charge in [0.2, 0.25) is 16.3 Å². The van der Waals surface area contributed by atoms with Crippen LogP contribution in [0.5, 0.6) is 0 Å². The van der Waals surface area contributed by atoms with Gasteiger partial charge in [0.05, 0.1) is 0 Å². The Balaban J connectivity index is 3.64. The Morgan fingerprint density at radius 2 is 2.12 bits per heavy atom. The molecule has 46 valence electrons. The smallest absolute Gasteiger partial charge is 0.360 e. The molecule has 0 amide bonds. The number of carbonyl (C=O) groups is 2. The minimum Gasteiger partial charge on any atom is -0.523 e. The summed E-state index contributed by atoms with van der Waals surface area (Å²) in [6.45, 7) is 1.63. The van der Waals surface area contributed by atoms with Crippen molar-refractivity contribution in [3.8, 4) is 0 Å². The third-order valence-electron chi connectivity index (χ3n) is 0.734. The number of rotatable bonds is 2. The normalized spacial score (nSPS) is 8.62. The zero-order valence-electron chi connectivity index (χ0n) is 4.93. The molecule has 0 aliphatic rings. The Kier molecular flexibility index (Phi) is 3.10. The summed E-state index contributed by atoms with van der Waals surface area (Å²) in [7, 11) is 0.305. The van der Waals surface area contributed by atoms with Crippen LogP contribution >= 0.6 is 0 Å². The van der Waals surface area contributed by atoms with E-state index in [9.17, 15) is 9.59 Å². The molecule has 0 aliphatic carbocycles. The van der Waals surface area contributed by atoms with Gasteiger partial charge >= 0.3 is 5.97 Å². The van der Waals surface area contributed by atoms with E-state index in [4.69, 9.17) is 0 Å². The van der Waals surface area contributed by atoms with E-state index >= 15 is 0 Å². The minimum atomic E-state index is -0.695.